The van der Waals surface area contributed by atoms with Gasteiger partial charge in [-0.2, -0.15) is 0 Å². The van der Waals surface area contributed by atoms with E-state index < -0.39 is 9.84 Å². The second kappa shape index (κ2) is 10.0. The molecule has 8 heteroatoms. The highest BCUT2D eigenvalue weighted by Crippen LogP contribution is 2.38. The zero-order chi connectivity index (χ0) is 21.6. The maximum atomic E-state index is 12.7. The Morgan fingerprint density at radius 1 is 0.933 bits per heavy atom. The first-order valence-electron chi connectivity index (χ1n) is 9.93. The fourth-order valence-electron chi connectivity index (χ4n) is 3.51. The second-order valence-corrected chi connectivity index (χ2v) is 9.26. The number of para-hydroxylation sites is 1. The van der Waals surface area contributed by atoms with Crippen molar-refractivity contribution in [2.24, 2.45) is 0 Å². The van der Waals surface area contributed by atoms with E-state index in [-0.39, 0.29) is 11.9 Å². The zero-order valence-corrected chi connectivity index (χ0v) is 18.5. The van der Waals surface area contributed by atoms with Crippen LogP contribution in [0.1, 0.15) is 12.8 Å². The SMILES string of the molecule is COc1cccc(S(=O)(=O)CCN2CCC(Oc3c(OC)cccc3OC)CC2)c1. The summed E-state index contributed by atoms with van der Waals surface area (Å²) < 4.78 is 47.4. The molecule has 0 unspecified atom stereocenters. The molecule has 1 saturated heterocycles. The van der Waals surface area contributed by atoms with Crippen molar-refractivity contribution < 1.29 is 27.4 Å². The lowest BCUT2D eigenvalue weighted by Gasteiger charge is -2.32. The smallest absolute Gasteiger partial charge is 0.203 e. The van der Waals surface area contributed by atoms with Crippen LogP contribution in [-0.2, 0) is 9.84 Å². The Balaban J connectivity index is 1.54. The molecule has 2 aromatic carbocycles. The summed E-state index contributed by atoms with van der Waals surface area (Å²) in [7, 11) is 1.38. The van der Waals surface area contributed by atoms with Crippen LogP contribution in [0.25, 0.3) is 0 Å². The molecule has 1 aliphatic rings. The predicted octanol–water partition coefficient (Wildman–Crippen LogP) is 3.03. The molecule has 30 heavy (non-hydrogen) atoms. The van der Waals surface area contributed by atoms with Gasteiger partial charge >= 0.3 is 0 Å². The lowest BCUT2D eigenvalue weighted by molar-refractivity contribution is 0.0983. The summed E-state index contributed by atoms with van der Waals surface area (Å²) in [6, 6.07) is 12.2. The van der Waals surface area contributed by atoms with Gasteiger partial charge in [0.05, 0.1) is 32.0 Å². The molecule has 0 radical (unpaired) electrons. The van der Waals surface area contributed by atoms with Crippen LogP contribution >= 0.6 is 0 Å². The number of methoxy groups -OCH3 is 3. The Morgan fingerprint density at radius 3 is 2.17 bits per heavy atom. The third kappa shape index (κ3) is 5.37. The average Bonchev–Trinajstić information content (AvgIpc) is 2.78. The molecule has 1 heterocycles. The number of sulfone groups is 1. The van der Waals surface area contributed by atoms with Crippen molar-refractivity contribution in [1.82, 2.24) is 4.90 Å². The Kier molecular flexibility index (Phi) is 7.44. The van der Waals surface area contributed by atoms with Crippen LogP contribution in [0.2, 0.25) is 0 Å². The number of hydrogen-bond acceptors (Lipinski definition) is 7. The maximum Gasteiger partial charge on any atom is 0.203 e. The molecule has 1 fully saturated rings. The molecule has 0 aromatic heterocycles. The summed E-state index contributed by atoms with van der Waals surface area (Å²) in [6.45, 7) is 2.04. The lowest BCUT2D eigenvalue weighted by Crippen LogP contribution is -2.40. The number of rotatable bonds is 9. The summed E-state index contributed by atoms with van der Waals surface area (Å²) in [5, 5.41) is 0. The molecule has 3 rings (SSSR count). The van der Waals surface area contributed by atoms with Crippen molar-refractivity contribution in [3.05, 3.63) is 42.5 Å². The molecule has 0 saturated carbocycles. The van der Waals surface area contributed by atoms with Gasteiger partial charge in [0.2, 0.25) is 5.75 Å². The van der Waals surface area contributed by atoms with E-state index in [4.69, 9.17) is 18.9 Å². The number of benzene rings is 2. The van der Waals surface area contributed by atoms with Crippen LogP contribution in [0.15, 0.2) is 47.4 Å². The van der Waals surface area contributed by atoms with E-state index in [9.17, 15) is 8.42 Å². The van der Waals surface area contributed by atoms with Crippen molar-refractivity contribution in [3.8, 4) is 23.0 Å². The molecule has 2 aromatic rings. The molecule has 1 aliphatic heterocycles. The second-order valence-electron chi connectivity index (χ2n) is 7.15. The summed E-state index contributed by atoms with van der Waals surface area (Å²) >= 11 is 0. The fourth-order valence-corrected chi connectivity index (χ4v) is 4.83. The Morgan fingerprint density at radius 2 is 1.57 bits per heavy atom. The van der Waals surface area contributed by atoms with Gasteiger partial charge in [0, 0.05) is 19.6 Å². The van der Waals surface area contributed by atoms with Crippen molar-refractivity contribution in [3.63, 3.8) is 0 Å². The van der Waals surface area contributed by atoms with Gasteiger partial charge < -0.3 is 23.8 Å². The van der Waals surface area contributed by atoms with Crippen molar-refractivity contribution in [2.45, 2.75) is 23.8 Å². The minimum atomic E-state index is -3.36. The highest BCUT2D eigenvalue weighted by atomic mass is 32.2. The van der Waals surface area contributed by atoms with E-state index >= 15 is 0 Å². The molecule has 0 amide bonds. The van der Waals surface area contributed by atoms with E-state index in [1.807, 2.05) is 18.2 Å². The molecule has 164 valence electrons. The normalized spacial score (nSPS) is 15.6. The van der Waals surface area contributed by atoms with E-state index in [1.54, 1.807) is 38.5 Å². The van der Waals surface area contributed by atoms with Gasteiger partial charge in [-0.3, -0.25) is 0 Å². The monoisotopic (exact) mass is 435 g/mol. The molecule has 7 nitrogen and oxygen atoms in total. The Bertz CT molecular complexity index is 916. The fraction of sp³-hybridized carbons (Fsp3) is 0.455. The molecule has 0 bridgehead atoms. The summed E-state index contributed by atoms with van der Waals surface area (Å²) in [5.41, 5.74) is 0. The van der Waals surface area contributed by atoms with Crippen LogP contribution in [0.5, 0.6) is 23.0 Å². The van der Waals surface area contributed by atoms with E-state index in [1.165, 1.54) is 7.11 Å². The van der Waals surface area contributed by atoms with Crippen molar-refractivity contribution in [2.75, 3.05) is 46.7 Å². The standard InChI is InChI=1S/C22H29NO6S/c1-26-18-6-4-7-19(16-18)30(24,25)15-14-23-12-10-17(11-13-23)29-22-20(27-2)8-5-9-21(22)28-3/h4-9,16-17H,10-15H2,1-3H3. The first-order chi connectivity index (χ1) is 14.5. The number of ether oxygens (including phenoxy) is 4. The van der Waals surface area contributed by atoms with Gasteiger partial charge in [-0.25, -0.2) is 8.42 Å². The number of likely N-dealkylation sites (tertiary alicyclic amines) is 1. The van der Waals surface area contributed by atoms with Gasteiger partial charge in [-0.05, 0) is 43.2 Å². The Hall–Kier alpha value is -2.45. The summed E-state index contributed by atoms with van der Waals surface area (Å²) in [4.78, 5) is 2.46. The van der Waals surface area contributed by atoms with E-state index in [0.29, 0.717) is 34.4 Å². The zero-order valence-electron chi connectivity index (χ0n) is 17.7. The topological polar surface area (TPSA) is 74.3 Å². The van der Waals surface area contributed by atoms with Crippen LogP contribution in [0, 0.1) is 0 Å². The third-order valence-electron chi connectivity index (χ3n) is 5.28. The minimum Gasteiger partial charge on any atom is -0.497 e. The van der Waals surface area contributed by atoms with Crippen LogP contribution in [0.3, 0.4) is 0 Å². The van der Waals surface area contributed by atoms with Crippen LogP contribution < -0.4 is 18.9 Å². The largest absolute Gasteiger partial charge is 0.497 e. The molecular weight excluding hydrogens is 406 g/mol. The maximum absolute atomic E-state index is 12.7. The Labute approximate surface area is 178 Å². The van der Waals surface area contributed by atoms with E-state index in [2.05, 4.69) is 4.90 Å². The molecule has 0 atom stereocenters. The van der Waals surface area contributed by atoms with Crippen molar-refractivity contribution >= 4 is 9.84 Å². The van der Waals surface area contributed by atoms with Gasteiger partial charge in [0.1, 0.15) is 11.9 Å². The van der Waals surface area contributed by atoms with Crippen LogP contribution in [0.4, 0.5) is 0 Å². The van der Waals surface area contributed by atoms with Gasteiger partial charge in [0.25, 0.3) is 0 Å². The van der Waals surface area contributed by atoms with Gasteiger partial charge in [-0.15, -0.1) is 0 Å². The van der Waals surface area contributed by atoms with Crippen molar-refractivity contribution in [1.29, 1.82) is 0 Å². The van der Waals surface area contributed by atoms with E-state index in [0.717, 1.165) is 25.9 Å². The van der Waals surface area contributed by atoms with Crippen LogP contribution in [-0.4, -0.2) is 66.1 Å². The molecule has 0 N–H and O–H groups in total. The highest BCUT2D eigenvalue weighted by molar-refractivity contribution is 7.91. The number of piperidine rings is 1. The first-order valence-corrected chi connectivity index (χ1v) is 11.6. The average molecular weight is 436 g/mol. The quantitative estimate of drug-likeness (QED) is 0.599. The molecule has 0 aliphatic carbocycles. The molecule has 0 spiro atoms. The van der Waals surface area contributed by atoms with Gasteiger partial charge in [-0.1, -0.05) is 12.1 Å². The van der Waals surface area contributed by atoms with Gasteiger partial charge in [0.15, 0.2) is 21.3 Å². The number of hydrogen-bond donors (Lipinski definition) is 0. The molecular formula is C22H29NO6S. The summed E-state index contributed by atoms with van der Waals surface area (Å²) in [5.74, 6) is 2.51. The number of nitrogens with zero attached hydrogens (tertiary/aromatic N) is 1. The lowest BCUT2D eigenvalue weighted by atomic mass is 10.1. The minimum absolute atomic E-state index is 0.0291. The predicted molar refractivity (Wildman–Crippen MR) is 115 cm³/mol. The summed E-state index contributed by atoms with van der Waals surface area (Å²) in [6.07, 6.45) is 1.64. The third-order valence-corrected chi connectivity index (χ3v) is 6.97. The first kappa shape index (κ1) is 22.2. The highest BCUT2D eigenvalue weighted by Gasteiger charge is 2.25.